The summed E-state index contributed by atoms with van der Waals surface area (Å²) in [5, 5.41) is 13.3. The van der Waals surface area contributed by atoms with Crippen LogP contribution in [-0.4, -0.2) is 34.8 Å². The zero-order chi connectivity index (χ0) is 27.5. The molecule has 1 aliphatic rings. The maximum atomic E-state index is 12.8. The summed E-state index contributed by atoms with van der Waals surface area (Å²) in [4.78, 5) is 28.1. The minimum Gasteiger partial charge on any atom is -0.489 e. The molecule has 7 nitrogen and oxygen atoms in total. The van der Waals surface area contributed by atoms with Gasteiger partial charge in [-0.05, 0) is 51.6 Å². The van der Waals surface area contributed by atoms with Crippen LogP contribution in [0.3, 0.4) is 0 Å². The molecule has 0 aliphatic heterocycles. The van der Waals surface area contributed by atoms with E-state index in [1.165, 1.54) is 0 Å². The Kier molecular flexibility index (Phi) is 6.93. The van der Waals surface area contributed by atoms with Gasteiger partial charge in [0.1, 0.15) is 25.0 Å². The number of ether oxygens (including phenoxy) is 2. The molecule has 1 heterocycles. The summed E-state index contributed by atoms with van der Waals surface area (Å²) >= 11 is 0. The number of benzene rings is 4. The fraction of sp³-hybridized carbons (Fsp3) is 0.152. The number of carbonyl (C=O) groups is 2. The molecule has 3 N–H and O–H groups in total. The zero-order valence-corrected chi connectivity index (χ0v) is 21.7. The Hall–Kier alpha value is -5.04. The summed E-state index contributed by atoms with van der Waals surface area (Å²) in [6.45, 7) is 0.536. The van der Waals surface area contributed by atoms with E-state index in [0.29, 0.717) is 12.4 Å². The third-order valence-corrected chi connectivity index (χ3v) is 7.35. The van der Waals surface area contributed by atoms with Gasteiger partial charge in [0.15, 0.2) is 0 Å². The molecule has 0 bridgehead atoms. The van der Waals surface area contributed by atoms with Crippen LogP contribution in [0.1, 0.15) is 28.2 Å². The first-order valence-electron chi connectivity index (χ1n) is 13.2. The highest BCUT2D eigenvalue weighted by Gasteiger charge is 2.30. The van der Waals surface area contributed by atoms with E-state index in [9.17, 15) is 14.7 Å². The van der Waals surface area contributed by atoms with Gasteiger partial charge in [0.25, 0.3) is 0 Å². The van der Waals surface area contributed by atoms with E-state index in [2.05, 4.69) is 22.4 Å². The molecule has 200 valence electrons. The van der Waals surface area contributed by atoms with Gasteiger partial charge in [-0.15, -0.1) is 0 Å². The van der Waals surface area contributed by atoms with Crippen molar-refractivity contribution in [2.75, 3.05) is 6.61 Å². The summed E-state index contributed by atoms with van der Waals surface area (Å²) in [5.74, 6) is -0.572. The Labute approximate surface area is 231 Å². The van der Waals surface area contributed by atoms with Crippen molar-refractivity contribution in [3.05, 3.63) is 126 Å². The number of H-pyrrole nitrogens is 1. The summed E-state index contributed by atoms with van der Waals surface area (Å²) < 4.78 is 11.5. The van der Waals surface area contributed by atoms with Crippen LogP contribution >= 0.6 is 0 Å². The summed E-state index contributed by atoms with van der Waals surface area (Å²) in [7, 11) is 0. The Morgan fingerprint density at radius 1 is 0.875 bits per heavy atom. The monoisotopic (exact) mass is 532 g/mol. The summed E-state index contributed by atoms with van der Waals surface area (Å²) in [6, 6.07) is 30.5. The summed E-state index contributed by atoms with van der Waals surface area (Å²) in [5.41, 5.74) is 7.10. The van der Waals surface area contributed by atoms with E-state index >= 15 is 0 Å². The van der Waals surface area contributed by atoms with Crippen molar-refractivity contribution < 1.29 is 24.2 Å². The molecule has 1 atom stereocenters. The number of aromatic amines is 1. The van der Waals surface area contributed by atoms with Crippen LogP contribution in [0, 0.1) is 0 Å². The highest BCUT2D eigenvalue weighted by molar-refractivity contribution is 5.87. The fourth-order valence-electron chi connectivity index (χ4n) is 5.36. The van der Waals surface area contributed by atoms with Crippen LogP contribution < -0.4 is 10.1 Å². The van der Waals surface area contributed by atoms with Crippen LogP contribution in [0.4, 0.5) is 4.79 Å². The van der Waals surface area contributed by atoms with Crippen molar-refractivity contribution in [3.63, 3.8) is 0 Å². The van der Waals surface area contributed by atoms with Crippen molar-refractivity contribution in [1.82, 2.24) is 10.3 Å². The number of carbonyl (C=O) groups excluding carboxylic acids is 1. The zero-order valence-electron chi connectivity index (χ0n) is 21.7. The van der Waals surface area contributed by atoms with Crippen LogP contribution in [0.25, 0.3) is 22.0 Å². The third kappa shape index (κ3) is 5.14. The number of carboxylic acids is 1. The van der Waals surface area contributed by atoms with Crippen LogP contribution in [-0.2, 0) is 22.6 Å². The topological polar surface area (TPSA) is 101 Å². The molecule has 4 aromatic carbocycles. The van der Waals surface area contributed by atoms with Crippen molar-refractivity contribution in [3.8, 4) is 16.9 Å². The average Bonchev–Trinajstić information content (AvgIpc) is 3.53. The van der Waals surface area contributed by atoms with E-state index < -0.39 is 18.1 Å². The Balaban J connectivity index is 1.12. The molecule has 1 amide bonds. The van der Waals surface area contributed by atoms with Gasteiger partial charge in [0.2, 0.25) is 0 Å². The van der Waals surface area contributed by atoms with Crippen LogP contribution in [0.5, 0.6) is 5.75 Å². The number of alkyl carbamates (subject to hydrolysis) is 1. The maximum Gasteiger partial charge on any atom is 0.407 e. The van der Waals surface area contributed by atoms with Gasteiger partial charge in [0.05, 0.1) is 0 Å². The molecule has 1 aliphatic carbocycles. The second-order valence-electron chi connectivity index (χ2n) is 9.86. The lowest BCUT2D eigenvalue weighted by Gasteiger charge is -2.17. The SMILES string of the molecule is O=C(N[C@H](Cc1c[nH]c2ccc(OCc3ccccc3)cc12)C(=O)O)OCC1c2ccccc2-c2ccccc21. The predicted octanol–water partition coefficient (Wildman–Crippen LogP) is 6.28. The molecule has 5 aromatic rings. The van der Waals surface area contributed by atoms with E-state index in [1.807, 2.05) is 84.9 Å². The van der Waals surface area contributed by atoms with Crippen LogP contribution in [0.2, 0.25) is 0 Å². The number of rotatable bonds is 9. The van der Waals surface area contributed by atoms with E-state index in [1.54, 1.807) is 6.20 Å². The minimum atomic E-state index is -1.16. The number of hydrogen-bond donors (Lipinski definition) is 3. The van der Waals surface area contributed by atoms with Gasteiger partial charge in [-0.25, -0.2) is 9.59 Å². The second kappa shape index (κ2) is 11.0. The van der Waals surface area contributed by atoms with Gasteiger partial charge in [-0.2, -0.15) is 0 Å². The lowest BCUT2D eigenvalue weighted by molar-refractivity contribution is -0.139. The maximum absolute atomic E-state index is 12.8. The first kappa shape index (κ1) is 25.2. The van der Waals surface area contributed by atoms with E-state index in [-0.39, 0.29) is 18.9 Å². The van der Waals surface area contributed by atoms with Gasteiger partial charge >= 0.3 is 12.1 Å². The fourth-order valence-corrected chi connectivity index (χ4v) is 5.36. The number of carboxylic acid groups (broad SMARTS) is 1. The lowest BCUT2D eigenvalue weighted by Crippen LogP contribution is -2.42. The quantitative estimate of drug-likeness (QED) is 0.207. The third-order valence-electron chi connectivity index (χ3n) is 7.35. The second-order valence-corrected chi connectivity index (χ2v) is 9.86. The number of amides is 1. The minimum absolute atomic E-state index is 0.0850. The molecule has 6 rings (SSSR count). The van der Waals surface area contributed by atoms with Gasteiger partial charge in [-0.3, -0.25) is 0 Å². The lowest BCUT2D eigenvalue weighted by atomic mass is 9.98. The first-order chi connectivity index (χ1) is 19.6. The molecule has 0 unspecified atom stereocenters. The molecule has 1 aromatic heterocycles. The first-order valence-corrected chi connectivity index (χ1v) is 13.2. The standard InChI is InChI=1S/C33H28N2O5/c36-32(37)31(16-22-18-34-30-15-14-23(17-28(22)30)39-19-21-8-2-1-3-9-21)35-33(38)40-20-29-26-12-6-4-10-24(26)25-11-5-7-13-27(25)29/h1-15,17-18,29,31,34H,16,19-20H2,(H,35,38)(H,36,37)/t31-/m1/s1. The Morgan fingerprint density at radius 3 is 2.25 bits per heavy atom. The van der Waals surface area contributed by atoms with Gasteiger partial charge in [0, 0.05) is 29.4 Å². The number of hydrogen-bond acceptors (Lipinski definition) is 4. The molecule has 0 spiro atoms. The molecule has 0 saturated carbocycles. The number of aliphatic carboxylic acids is 1. The molecule has 0 fully saturated rings. The van der Waals surface area contributed by atoms with E-state index in [0.717, 1.165) is 44.3 Å². The Morgan fingerprint density at radius 2 is 1.55 bits per heavy atom. The molecule has 40 heavy (non-hydrogen) atoms. The molecule has 7 heteroatoms. The largest absolute Gasteiger partial charge is 0.489 e. The average molecular weight is 533 g/mol. The summed E-state index contributed by atoms with van der Waals surface area (Å²) in [6.07, 6.45) is 1.09. The van der Waals surface area contributed by atoms with Crippen molar-refractivity contribution in [2.45, 2.75) is 25.0 Å². The highest BCUT2D eigenvalue weighted by Crippen LogP contribution is 2.44. The number of nitrogens with one attached hydrogen (secondary N) is 2. The van der Waals surface area contributed by atoms with Crippen molar-refractivity contribution in [1.29, 1.82) is 0 Å². The van der Waals surface area contributed by atoms with E-state index in [4.69, 9.17) is 9.47 Å². The molecule has 0 saturated heterocycles. The predicted molar refractivity (Wildman–Crippen MR) is 152 cm³/mol. The van der Waals surface area contributed by atoms with Gasteiger partial charge < -0.3 is 24.9 Å². The molecule has 0 radical (unpaired) electrons. The van der Waals surface area contributed by atoms with Gasteiger partial charge in [-0.1, -0.05) is 78.9 Å². The smallest absolute Gasteiger partial charge is 0.407 e. The normalized spacial score (nSPS) is 12.9. The van der Waals surface area contributed by atoms with Crippen LogP contribution in [0.15, 0.2) is 103 Å². The molecular weight excluding hydrogens is 504 g/mol. The molecular formula is C33H28N2O5. The highest BCUT2D eigenvalue weighted by atomic mass is 16.5. The van der Waals surface area contributed by atoms with Crippen molar-refractivity contribution >= 4 is 23.0 Å². The number of fused-ring (bicyclic) bond motifs is 4. The van der Waals surface area contributed by atoms with Crippen molar-refractivity contribution in [2.24, 2.45) is 0 Å². The Bertz CT molecular complexity index is 1630. The number of aromatic nitrogens is 1.